The summed E-state index contributed by atoms with van der Waals surface area (Å²) in [6.07, 6.45) is 2.93. The number of anilines is 1. The highest BCUT2D eigenvalue weighted by molar-refractivity contribution is 7.93. The third-order valence-corrected chi connectivity index (χ3v) is 3.32. The molecule has 19 heavy (non-hydrogen) atoms. The Balaban J connectivity index is 2.23. The zero-order valence-corrected chi connectivity index (χ0v) is 10.4. The van der Waals surface area contributed by atoms with E-state index in [0.29, 0.717) is 5.69 Å². The first kappa shape index (κ1) is 13.0. The summed E-state index contributed by atoms with van der Waals surface area (Å²) in [5, 5.41) is 15.8. The van der Waals surface area contributed by atoms with Gasteiger partial charge < -0.3 is 5.11 Å². The van der Waals surface area contributed by atoms with Crippen molar-refractivity contribution in [3.8, 4) is 5.69 Å². The number of aliphatic carboxylic acids is 1. The number of aromatic nitrogens is 3. The molecule has 0 bridgehead atoms. The quantitative estimate of drug-likeness (QED) is 0.803. The standard InChI is InChI=1S/C10H10N4O4S/c15-10(16)5-19(17,18)13-8-2-1-3-9(4-8)14-6-11-12-7-14/h1-4,6-7,13H,5H2,(H,15,16). The molecule has 0 spiro atoms. The Morgan fingerprint density at radius 3 is 2.63 bits per heavy atom. The van der Waals surface area contributed by atoms with Crippen LogP contribution in [0.15, 0.2) is 36.9 Å². The summed E-state index contributed by atoms with van der Waals surface area (Å²) in [6, 6.07) is 6.43. The number of hydrogen-bond acceptors (Lipinski definition) is 5. The second-order valence-electron chi connectivity index (χ2n) is 3.67. The van der Waals surface area contributed by atoms with Gasteiger partial charge in [-0.1, -0.05) is 6.07 Å². The van der Waals surface area contributed by atoms with E-state index in [1.807, 2.05) is 0 Å². The highest BCUT2D eigenvalue weighted by Gasteiger charge is 2.15. The van der Waals surface area contributed by atoms with Crippen LogP contribution >= 0.6 is 0 Å². The fourth-order valence-corrected chi connectivity index (χ4v) is 2.33. The van der Waals surface area contributed by atoms with E-state index < -0.39 is 21.7 Å². The minimum atomic E-state index is -3.91. The summed E-state index contributed by atoms with van der Waals surface area (Å²) in [5.41, 5.74) is 0.924. The van der Waals surface area contributed by atoms with Crippen molar-refractivity contribution in [3.05, 3.63) is 36.9 Å². The lowest BCUT2D eigenvalue weighted by atomic mass is 10.3. The van der Waals surface area contributed by atoms with E-state index >= 15 is 0 Å². The molecular weight excluding hydrogens is 272 g/mol. The molecule has 1 aromatic heterocycles. The van der Waals surface area contributed by atoms with Crippen LogP contribution in [-0.2, 0) is 14.8 Å². The number of benzene rings is 1. The van der Waals surface area contributed by atoms with E-state index in [0.717, 1.165) is 0 Å². The number of nitrogens with zero attached hydrogens (tertiary/aromatic N) is 3. The van der Waals surface area contributed by atoms with Crippen molar-refractivity contribution in [3.63, 3.8) is 0 Å². The van der Waals surface area contributed by atoms with Crippen molar-refractivity contribution >= 4 is 21.7 Å². The molecule has 100 valence electrons. The lowest BCUT2D eigenvalue weighted by Crippen LogP contribution is -2.22. The lowest BCUT2D eigenvalue weighted by Gasteiger charge is -2.08. The minimum absolute atomic E-state index is 0.271. The number of carboxylic acids is 1. The van der Waals surface area contributed by atoms with Gasteiger partial charge in [-0.05, 0) is 18.2 Å². The summed E-state index contributed by atoms with van der Waals surface area (Å²) in [7, 11) is -3.91. The Hall–Kier alpha value is -2.42. The van der Waals surface area contributed by atoms with Gasteiger partial charge in [0.05, 0.1) is 11.4 Å². The zero-order valence-electron chi connectivity index (χ0n) is 9.59. The van der Waals surface area contributed by atoms with Gasteiger partial charge in [0.25, 0.3) is 0 Å². The Bertz CT molecular complexity index is 681. The molecule has 0 aliphatic heterocycles. The van der Waals surface area contributed by atoms with Crippen molar-refractivity contribution < 1.29 is 18.3 Å². The lowest BCUT2D eigenvalue weighted by molar-refractivity contribution is -0.134. The summed E-state index contributed by atoms with van der Waals surface area (Å²) in [5.74, 6) is -2.40. The summed E-state index contributed by atoms with van der Waals surface area (Å²) < 4.78 is 26.8. The number of carbonyl (C=O) groups is 1. The second-order valence-corrected chi connectivity index (χ2v) is 5.40. The van der Waals surface area contributed by atoms with Crippen LogP contribution in [0.5, 0.6) is 0 Å². The number of rotatable bonds is 5. The summed E-state index contributed by atoms with van der Waals surface area (Å²) in [6.45, 7) is 0. The molecule has 2 N–H and O–H groups in total. The van der Waals surface area contributed by atoms with Gasteiger partial charge >= 0.3 is 5.97 Å². The molecule has 8 nitrogen and oxygen atoms in total. The third kappa shape index (κ3) is 3.52. The van der Waals surface area contributed by atoms with Gasteiger partial charge in [0.1, 0.15) is 12.7 Å². The van der Waals surface area contributed by atoms with Crippen molar-refractivity contribution in [1.29, 1.82) is 0 Å². The average Bonchev–Trinajstić information content (AvgIpc) is 2.79. The maximum atomic E-state index is 11.5. The van der Waals surface area contributed by atoms with E-state index in [9.17, 15) is 13.2 Å². The third-order valence-electron chi connectivity index (χ3n) is 2.15. The van der Waals surface area contributed by atoms with Crippen molar-refractivity contribution in [1.82, 2.24) is 14.8 Å². The molecular formula is C10H10N4O4S. The first-order chi connectivity index (χ1) is 8.96. The van der Waals surface area contributed by atoms with Gasteiger partial charge in [0, 0.05) is 0 Å². The van der Waals surface area contributed by atoms with Crippen LogP contribution in [0.25, 0.3) is 5.69 Å². The highest BCUT2D eigenvalue weighted by Crippen LogP contribution is 2.15. The molecule has 1 aromatic carbocycles. The molecule has 0 atom stereocenters. The van der Waals surface area contributed by atoms with Crippen LogP contribution < -0.4 is 4.72 Å². The summed E-state index contributed by atoms with van der Waals surface area (Å²) in [4.78, 5) is 10.4. The molecule has 2 rings (SSSR count). The van der Waals surface area contributed by atoms with Gasteiger partial charge in [-0.15, -0.1) is 10.2 Å². The predicted molar refractivity (Wildman–Crippen MR) is 66.4 cm³/mol. The van der Waals surface area contributed by atoms with Crippen LogP contribution in [-0.4, -0.2) is 40.0 Å². The van der Waals surface area contributed by atoms with E-state index in [-0.39, 0.29) is 5.69 Å². The van der Waals surface area contributed by atoms with Gasteiger partial charge in [-0.2, -0.15) is 0 Å². The number of hydrogen-bond donors (Lipinski definition) is 2. The smallest absolute Gasteiger partial charge is 0.320 e. The first-order valence-corrected chi connectivity index (χ1v) is 6.79. The molecule has 0 amide bonds. The molecule has 0 saturated carbocycles. The number of nitrogens with one attached hydrogen (secondary N) is 1. The van der Waals surface area contributed by atoms with Crippen LogP contribution in [0, 0.1) is 0 Å². The Labute approximate surface area is 108 Å². The monoisotopic (exact) mass is 282 g/mol. The molecule has 0 unspecified atom stereocenters. The van der Waals surface area contributed by atoms with Crippen LogP contribution in [0.3, 0.4) is 0 Å². The Morgan fingerprint density at radius 2 is 2.00 bits per heavy atom. The summed E-state index contributed by atoms with van der Waals surface area (Å²) >= 11 is 0. The molecule has 0 aliphatic rings. The second kappa shape index (κ2) is 5.06. The predicted octanol–water partition coefficient (Wildman–Crippen LogP) is 0.0936. The maximum absolute atomic E-state index is 11.5. The zero-order chi connectivity index (χ0) is 13.9. The molecule has 0 aliphatic carbocycles. The van der Waals surface area contributed by atoms with E-state index in [1.54, 1.807) is 22.8 Å². The largest absolute Gasteiger partial charge is 0.480 e. The van der Waals surface area contributed by atoms with E-state index in [2.05, 4.69) is 14.9 Å². The number of sulfonamides is 1. The van der Waals surface area contributed by atoms with Crippen LogP contribution in [0.2, 0.25) is 0 Å². The normalized spacial score (nSPS) is 11.2. The fourth-order valence-electron chi connectivity index (χ4n) is 1.44. The van der Waals surface area contributed by atoms with Gasteiger partial charge in [0.15, 0.2) is 5.75 Å². The van der Waals surface area contributed by atoms with Crippen molar-refractivity contribution in [2.45, 2.75) is 0 Å². The van der Waals surface area contributed by atoms with Crippen LogP contribution in [0.4, 0.5) is 5.69 Å². The number of carboxylic acid groups (broad SMARTS) is 1. The van der Waals surface area contributed by atoms with Gasteiger partial charge in [-0.25, -0.2) is 8.42 Å². The van der Waals surface area contributed by atoms with Gasteiger partial charge in [-0.3, -0.25) is 14.1 Å². The minimum Gasteiger partial charge on any atom is -0.480 e. The molecule has 0 radical (unpaired) electrons. The van der Waals surface area contributed by atoms with Crippen molar-refractivity contribution in [2.24, 2.45) is 0 Å². The van der Waals surface area contributed by atoms with E-state index in [1.165, 1.54) is 18.7 Å². The molecule has 2 aromatic rings. The molecule has 1 heterocycles. The average molecular weight is 282 g/mol. The van der Waals surface area contributed by atoms with Crippen LogP contribution in [0.1, 0.15) is 0 Å². The van der Waals surface area contributed by atoms with Gasteiger partial charge in [0.2, 0.25) is 10.0 Å². The molecule has 0 fully saturated rings. The molecule has 0 saturated heterocycles. The Kier molecular flexibility index (Phi) is 3.47. The fraction of sp³-hybridized carbons (Fsp3) is 0.100. The van der Waals surface area contributed by atoms with E-state index in [4.69, 9.17) is 5.11 Å². The Morgan fingerprint density at radius 1 is 1.32 bits per heavy atom. The SMILES string of the molecule is O=C(O)CS(=O)(=O)Nc1cccc(-n2cnnc2)c1. The maximum Gasteiger partial charge on any atom is 0.320 e. The molecule has 9 heteroatoms. The first-order valence-electron chi connectivity index (χ1n) is 5.14. The highest BCUT2D eigenvalue weighted by atomic mass is 32.2. The van der Waals surface area contributed by atoms with Crippen molar-refractivity contribution in [2.75, 3.05) is 10.5 Å². The topological polar surface area (TPSA) is 114 Å².